The molecule has 2 saturated heterocycles. The molecule has 2 aromatic carbocycles. The third-order valence-electron chi connectivity index (χ3n) is 8.13. The lowest BCUT2D eigenvalue weighted by Gasteiger charge is -2.40. The Hall–Kier alpha value is -3.38. The number of nitrogens with one attached hydrogen (secondary N) is 1. The number of aliphatic hydroxyl groups is 1. The highest BCUT2D eigenvalue weighted by atomic mass is 32.2. The van der Waals surface area contributed by atoms with Gasteiger partial charge in [-0.2, -0.15) is 9.29 Å². The molecule has 2 aliphatic heterocycles. The van der Waals surface area contributed by atoms with E-state index in [4.69, 9.17) is 0 Å². The molecule has 0 radical (unpaired) electrons. The van der Waals surface area contributed by atoms with Crippen LogP contribution in [-0.2, 0) is 10.0 Å². The van der Waals surface area contributed by atoms with Gasteiger partial charge in [0.1, 0.15) is 11.6 Å². The Balaban J connectivity index is 1.12. The lowest BCUT2D eigenvalue weighted by atomic mass is 9.91. The molecule has 4 aromatic rings. The first-order valence-corrected chi connectivity index (χ1v) is 15.1. The summed E-state index contributed by atoms with van der Waals surface area (Å²) in [6.07, 6.45) is 6.59. The summed E-state index contributed by atoms with van der Waals surface area (Å²) in [6.45, 7) is 4.37. The third-order valence-corrected chi connectivity index (χ3v) is 10.0. The summed E-state index contributed by atoms with van der Waals surface area (Å²) in [5, 5.41) is 15.0. The van der Waals surface area contributed by atoms with Gasteiger partial charge < -0.3 is 15.0 Å². The number of hydrogen-bond donors (Lipinski definition) is 2. The number of fused-ring (bicyclic) bond motifs is 1. The van der Waals surface area contributed by atoms with Crippen LogP contribution in [0.4, 0.5) is 16.0 Å². The Morgan fingerprint density at radius 1 is 1.07 bits per heavy atom. The molecule has 0 aliphatic carbocycles. The van der Waals surface area contributed by atoms with Crippen LogP contribution in [0.5, 0.6) is 0 Å². The highest BCUT2D eigenvalue weighted by molar-refractivity contribution is 7.89. The zero-order valence-electron chi connectivity index (χ0n) is 22.4. The molecule has 0 saturated carbocycles. The standard InChI is InChI=1S/C29H33FN6O3S/c1-21-3-2-15-34(21)20-29(37)12-17-35(18-13-29)40(38,39)25-7-5-24(6-8-25)32-28-31-14-10-27(33-28)36-16-11-22-19-23(30)4-9-26(22)36/h4-11,14,16,19,21,37H,2-3,12-13,15,17-18,20H2,1H3,(H,31,32,33)/t21-/m1/s1. The third kappa shape index (κ3) is 5.34. The normalized spacial score (nSPS) is 20.2. The number of benzene rings is 2. The van der Waals surface area contributed by atoms with Crippen molar-refractivity contribution in [3.8, 4) is 5.82 Å². The van der Waals surface area contributed by atoms with E-state index in [9.17, 15) is 17.9 Å². The summed E-state index contributed by atoms with van der Waals surface area (Å²) in [4.78, 5) is 11.4. The lowest BCUT2D eigenvalue weighted by Crippen LogP contribution is -2.52. The number of aromatic nitrogens is 3. The van der Waals surface area contributed by atoms with Gasteiger partial charge in [-0.25, -0.2) is 17.8 Å². The van der Waals surface area contributed by atoms with E-state index in [0.29, 0.717) is 56.0 Å². The fraction of sp³-hybridized carbons (Fsp3) is 0.379. The molecule has 0 amide bonds. The maximum absolute atomic E-state index is 13.6. The molecule has 2 N–H and O–H groups in total. The molecule has 0 spiro atoms. The van der Waals surface area contributed by atoms with E-state index in [1.165, 1.54) is 16.4 Å². The molecular formula is C29H33FN6O3S. The van der Waals surface area contributed by atoms with Gasteiger partial charge in [0, 0.05) is 49.1 Å². The van der Waals surface area contributed by atoms with Gasteiger partial charge in [-0.05, 0) is 93.7 Å². The number of nitrogens with zero attached hydrogens (tertiary/aromatic N) is 5. The van der Waals surface area contributed by atoms with Gasteiger partial charge >= 0.3 is 0 Å². The second-order valence-corrected chi connectivity index (χ2v) is 12.8. The molecule has 2 fully saturated rings. The second kappa shape index (κ2) is 10.5. The van der Waals surface area contributed by atoms with E-state index in [1.807, 2.05) is 16.8 Å². The summed E-state index contributed by atoms with van der Waals surface area (Å²) in [7, 11) is -3.68. The van der Waals surface area contributed by atoms with Crippen molar-refractivity contribution in [2.75, 3.05) is 31.5 Å². The van der Waals surface area contributed by atoms with Gasteiger partial charge in [-0.15, -0.1) is 0 Å². The van der Waals surface area contributed by atoms with Crippen LogP contribution in [0.25, 0.3) is 16.7 Å². The topological polar surface area (TPSA) is 104 Å². The van der Waals surface area contributed by atoms with Crippen molar-refractivity contribution in [2.24, 2.45) is 0 Å². The molecule has 0 unspecified atom stereocenters. The minimum absolute atomic E-state index is 0.206. The van der Waals surface area contributed by atoms with Crippen molar-refractivity contribution >= 4 is 32.6 Å². The highest BCUT2D eigenvalue weighted by Crippen LogP contribution is 2.30. The fourth-order valence-corrected chi connectivity index (χ4v) is 7.19. The SMILES string of the molecule is C[C@@H]1CCCN1CC1(O)CCN(S(=O)(=O)c2ccc(Nc3nccc(-n4ccc5cc(F)ccc54)n3)cc2)CC1. The monoisotopic (exact) mass is 564 g/mol. The van der Waals surface area contributed by atoms with Crippen LogP contribution in [0.3, 0.4) is 0 Å². The molecule has 2 aliphatic rings. The number of hydrogen-bond acceptors (Lipinski definition) is 7. The van der Waals surface area contributed by atoms with Crippen molar-refractivity contribution in [1.82, 2.24) is 23.7 Å². The molecule has 0 bridgehead atoms. The quantitative estimate of drug-likeness (QED) is 0.345. The van der Waals surface area contributed by atoms with Crippen LogP contribution in [0.1, 0.15) is 32.6 Å². The summed E-state index contributed by atoms with van der Waals surface area (Å²) < 4.78 is 43.6. The van der Waals surface area contributed by atoms with Crippen molar-refractivity contribution in [2.45, 2.75) is 49.1 Å². The fourth-order valence-electron chi connectivity index (χ4n) is 5.75. The average Bonchev–Trinajstić information content (AvgIpc) is 3.54. The maximum atomic E-state index is 13.6. The van der Waals surface area contributed by atoms with Crippen LogP contribution < -0.4 is 5.32 Å². The largest absolute Gasteiger partial charge is 0.388 e. The molecule has 40 heavy (non-hydrogen) atoms. The van der Waals surface area contributed by atoms with Crippen molar-refractivity contribution in [1.29, 1.82) is 0 Å². The van der Waals surface area contributed by atoms with Crippen LogP contribution in [0.2, 0.25) is 0 Å². The zero-order valence-corrected chi connectivity index (χ0v) is 23.2. The van der Waals surface area contributed by atoms with E-state index in [1.54, 1.807) is 42.6 Å². The van der Waals surface area contributed by atoms with E-state index in [-0.39, 0.29) is 10.7 Å². The van der Waals surface area contributed by atoms with Gasteiger partial charge in [0.25, 0.3) is 0 Å². The van der Waals surface area contributed by atoms with Gasteiger partial charge in [0.05, 0.1) is 16.0 Å². The van der Waals surface area contributed by atoms with Crippen LogP contribution >= 0.6 is 0 Å². The van der Waals surface area contributed by atoms with Crippen LogP contribution in [-0.4, -0.2) is 75.1 Å². The lowest BCUT2D eigenvalue weighted by molar-refractivity contribution is -0.0342. The number of β-amino-alcohol motifs (C(OH)–C–C–N with tert-alkyl or cyclic N) is 1. The zero-order chi connectivity index (χ0) is 27.9. The van der Waals surface area contributed by atoms with E-state index in [0.717, 1.165) is 30.3 Å². The number of anilines is 2. The van der Waals surface area contributed by atoms with Crippen LogP contribution in [0, 0.1) is 5.82 Å². The minimum atomic E-state index is -3.68. The predicted octanol–water partition coefficient (Wildman–Crippen LogP) is 4.30. The molecular weight excluding hydrogens is 531 g/mol. The van der Waals surface area contributed by atoms with E-state index >= 15 is 0 Å². The molecule has 2 aromatic heterocycles. The first-order chi connectivity index (χ1) is 19.2. The Bertz CT molecular complexity index is 1620. The summed E-state index contributed by atoms with van der Waals surface area (Å²) in [5.74, 6) is 0.664. The van der Waals surface area contributed by atoms with Gasteiger partial charge in [0.2, 0.25) is 16.0 Å². The van der Waals surface area contributed by atoms with Gasteiger partial charge in [-0.1, -0.05) is 0 Å². The number of sulfonamides is 1. The van der Waals surface area contributed by atoms with Crippen molar-refractivity contribution < 1.29 is 17.9 Å². The molecule has 6 rings (SSSR count). The molecule has 9 nitrogen and oxygen atoms in total. The Morgan fingerprint density at radius 3 is 2.58 bits per heavy atom. The highest BCUT2D eigenvalue weighted by Gasteiger charge is 2.39. The Labute approximate surface area is 233 Å². The Kier molecular flexibility index (Phi) is 7.07. The number of likely N-dealkylation sites (tertiary alicyclic amines) is 1. The van der Waals surface area contributed by atoms with Crippen molar-refractivity contribution in [3.63, 3.8) is 0 Å². The average molecular weight is 565 g/mol. The molecule has 1 atom stereocenters. The molecule has 4 heterocycles. The van der Waals surface area contributed by atoms with Gasteiger partial charge in [0.15, 0.2) is 0 Å². The van der Waals surface area contributed by atoms with Crippen LogP contribution in [0.15, 0.2) is 71.9 Å². The molecule has 210 valence electrons. The predicted molar refractivity (Wildman–Crippen MR) is 152 cm³/mol. The van der Waals surface area contributed by atoms with E-state index < -0.39 is 15.6 Å². The van der Waals surface area contributed by atoms with Gasteiger partial charge in [-0.3, -0.25) is 4.90 Å². The molecule has 11 heteroatoms. The smallest absolute Gasteiger partial charge is 0.243 e. The summed E-state index contributed by atoms with van der Waals surface area (Å²) in [5.41, 5.74) is 0.612. The summed E-state index contributed by atoms with van der Waals surface area (Å²) in [6, 6.07) is 15.1. The van der Waals surface area contributed by atoms with E-state index in [2.05, 4.69) is 27.1 Å². The first-order valence-electron chi connectivity index (χ1n) is 13.6. The van der Waals surface area contributed by atoms with Crippen molar-refractivity contribution in [3.05, 3.63) is 72.8 Å². The second-order valence-electron chi connectivity index (χ2n) is 10.9. The summed E-state index contributed by atoms with van der Waals surface area (Å²) >= 11 is 0. The number of halogens is 1. The first kappa shape index (κ1) is 26.8. The number of piperidine rings is 1. The Morgan fingerprint density at radius 2 is 1.85 bits per heavy atom. The minimum Gasteiger partial charge on any atom is -0.388 e. The number of rotatable bonds is 7. The maximum Gasteiger partial charge on any atom is 0.243 e.